The van der Waals surface area contributed by atoms with Crippen molar-refractivity contribution in [3.63, 3.8) is 0 Å². The zero-order valence-corrected chi connectivity index (χ0v) is 20.8. The Morgan fingerprint density at radius 3 is 2.61 bits per heavy atom. The number of aryl methyl sites for hydroxylation is 1. The monoisotopic (exact) mass is 540 g/mol. The summed E-state index contributed by atoms with van der Waals surface area (Å²) in [5, 5.41) is 9.38. The lowest BCUT2D eigenvalue weighted by molar-refractivity contribution is 0.0954. The first-order valence-electron chi connectivity index (χ1n) is 10.2. The minimum Gasteiger partial charge on any atom is -0.493 e. The minimum absolute atomic E-state index is 0. The van der Waals surface area contributed by atoms with Crippen molar-refractivity contribution in [2.75, 3.05) is 45.3 Å². The number of anilines is 1. The molecule has 0 aliphatic heterocycles. The second-order valence-electron chi connectivity index (χ2n) is 6.73. The van der Waals surface area contributed by atoms with E-state index in [1.807, 2.05) is 62.4 Å². The molecule has 2 aromatic carbocycles. The van der Waals surface area contributed by atoms with Crippen LogP contribution in [0.4, 0.5) is 5.69 Å². The molecule has 2 rings (SSSR count). The van der Waals surface area contributed by atoms with Gasteiger partial charge in [-0.05, 0) is 38.1 Å². The second kappa shape index (κ2) is 15.5. The fourth-order valence-corrected chi connectivity index (χ4v) is 2.73. The number of guanidine groups is 1. The van der Waals surface area contributed by atoms with E-state index in [-0.39, 0.29) is 29.9 Å². The average molecular weight is 540 g/mol. The summed E-state index contributed by atoms with van der Waals surface area (Å²) in [4.78, 5) is 16.7. The van der Waals surface area contributed by atoms with E-state index in [1.165, 1.54) is 0 Å². The van der Waals surface area contributed by atoms with Crippen LogP contribution in [0.3, 0.4) is 0 Å². The van der Waals surface area contributed by atoms with Gasteiger partial charge in [-0.15, -0.1) is 24.0 Å². The van der Waals surface area contributed by atoms with Crippen molar-refractivity contribution < 1.29 is 14.3 Å². The number of hydrogen-bond donors (Lipinski definition) is 3. The third-order valence-corrected chi connectivity index (χ3v) is 4.15. The number of halogens is 1. The Morgan fingerprint density at radius 2 is 1.87 bits per heavy atom. The minimum atomic E-state index is -0.0924. The number of nitrogens with one attached hydrogen (secondary N) is 3. The smallest absolute Gasteiger partial charge is 0.251 e. The van der Waals surface area contributed by atoms with E-state index in [4.69, 9.17) is 9.47 Å². The number of ether oxygens (including phenoxy) is 2. The molecule has 0 bridgehead atoms. The van der Waals surface area contributed by atoms with E-state index < -0.39 is 0 Å². The summed E-state index contributed by atoms with van der Waals surface area (Å²) in [5.41, 5.74) is 2.60. The molecule has 8 heteroatoms. The van der Waals surface area contributed by atoms with Crippen LogP contribution in [0.2, 0.25) is 0 Å². The van der Waals surface area contributed by atoms with Crippen molar-refractivity contribution in [1.82, 2.24) is 10.6 Å². The van der Waals surface area contributed by atoms with Gasteiger partial charge in [0.2, 0.25) is 0 Å². The van der Waals surface area contributed by atoms with E-state index >= 15 is 0 Å². The van der Waals surface area contributed by atoms with E-state index in [0.717, 1.165) is 30.0 Å². The van der Waals surface area contributed by atoms with E-state index in [9.17, 15) is 4.79 Å². The molecule has 0 spiro atoms. The lowest BCUT2D eigenvalue weighted by Crippen LogP contribution is -2.32. The van der Waals surface area contributed by atoms with E-state index in [1.54, 1.807) is 7.11 Å². The van der Waals surface area contributed by atoms with Gasteiger partial charge in [0.15, 0.2) is 5.96 Å². The second-order valence-corrected chi connectivity index (χ2v) is 6.73. The number of aliphatic imine (C=N–C) groups is 1. The van der Waals surface area contributed by atoms with Gasteiger partial charge >= 0.3 is 0 Å². The highest BCUT2D eigenvalue weighted by atomic mass is 127. The summed E-state index contributed by atoms with van der Waals surface area (Å²) in [5.74, 6) is 1.35. The third kappa shape index (κ3) is 10.5. The number of hydrogen-bond acceptors (Lipinski definition) is 4. The highest BCUT2D eigenvalue weighted by molar-refractivity contribution is 14.0. The van der Waals surface area contributed by atoms with Gasteiger partial charge in [0.25, 0.3) is 5.91 Å². The molecule has 7 nitrogen and oxygen atoms in total. The molecule has 0 saturated carbocycles. The molecule has 0 heterocycles. The molecule has 0 saturated heterocycles. The Hall–Kier alpha value is -2.33. The highest BCUT2D eigenvalue weighted by Gasteiger charge is 2.05. The molecule has 0 fully saturated rings. The van der Waals surface area contributed by atoms with Crippen molar-refractivity contribution >= 4 is 41.5 Å². The molecule has 0 atom stereocenters. The van der Waals surface area contributed by atoms with Gasteiger partial charge in [-0.25, -0.2) is 0 Å². The quantitative estimate of drug-likeness (QED) is 0.175. The standard InChI is InChI=1S/C23H32N4O3.HI/c1-4-24-23(26-13-12-25-22(28)19-9-5-8-18(2)16-19)27-20-10-6-11-21(17-20)30-15-7-14-29-3;/h5-6,8-11,16-17H,4,7,12-15H2,1-3H3,(H,25,28)(H2,24,26,27);1H. The molecule has 0 aromatic heterocycles. The van der Waals surface area contributed by atoms with Crippen molar-refractivity contribution in [3.8, 4) is 5.75 Å². The van der Waals surface area contributed by atoms with Crippen LogP contribution < -0.4 is 20.7 Å². The fourth-order valence-electron chi connectivity index (χ4n) is 2.73. The Morgan fingerprint density at radius 1 is 1.06 bits per heavy atom. The van der Waals surface area contributed by atoms with E-state index in [0.29, 0.717) is 37.8 Å². The largest absolute Gasteiger partial charge is 0.493 e. The highest BCUT2D eigenvalue weighted by Crippen LogP contribution is 2.17. The molecule has 0 aliphatic carbocycles. The molecule has 1 amide bonds. The first-order valence-corrected chi connectivity index (χ1v) is 10.2. The Kier molecular flexibility index (Phi) is 13.3. The summed E-state index contributed by atoms with van der Waals surface area (Å²) < 4.78 is 10.8. The molecular weight excluding hydrogens is 507 g/mol. The van der Waals surface area contributed by atoms with Gasteiger partial charge in [0.1, 0.15) is 5.75 Å². The summed E-state index contributed by atoms with van der Waals surface area (Å²) in [6.07, 6.45) is 0.840. The maximum atomic E-state index is 12.2. The number of methoxy groups -OCH3 is 1. The number of rotatable bonds is 11. The van der Waals surface area contributed by atoms with Crippen molar-refractivity contribution in [2.45, 2.75) is 20.3 Å². The molecule has 3 N–H and O–H groups in total. The van der Waals surface area contributed by atoms with Crippen LogP contribution >= 0.6 is 24.0 Å². The van der Waals surface area contributed by atoms with Gasteiger partial charge in [-0.1, -0.05) is 23.8 Å². The normalized spacial score (nSPS) is 10.7. The van der Waals surface area contributed by atoms with Crippen molar-refractivity contribution in [2.24, 2.45) is 4.99 Å². The van der Waals surface area contributed by atoms with Gasteiger partial charge in [-0.2, -0.15) is 0 Å². The summed E-state index contributed by atoms with van der Waals surface area (Å²) in [6.45, 7) is 6.89. The first-order chi connectivity index (χ1) is 14.6. The topological polar surface area (TPSA) is 84.0 Å². The fraction of sp³-hybridized carbons (Fsp3) is 0.391. The third-order valence-electron chi connectivity index (χ3n) is 4.15. The molecule has 170 valence electrons. The first kappa shape index (κ1) is 26.7. The molecule has 0 radical (unpaired) electrons. The van der Waals surface area contributed by atoms with Crippen LogP contribution in [-0.2, 0) is 4.74 Å². The predicted octanol–water partition coefficient (Wildman–Crippen LogP) is 3.84. The molecule has 2 aromatic rings. The van der Waals surface area contributed by atoms with Gasteiger partial charge < -0.3 is 25.4 Å². The van der Waals surface area contributed by atoms with Crippen LogP contribution in [0.5, 0.6) is 5.75 Å². The zero-order valence-electron chi connectivity index (χ0n) is 18.4. The van der Waals surface area contributed by atoms with Gasteiger partial charge in [0.05, 0.1) is 13.2 Å². The lowest BCUT2D eigenvalue weighted by Gasteiger charge is -2.13. The maximum Gasteiger partial charge on any atom is 0.251 e. The number of carbonyl (C=O) groups is 1. The maximum absolute atomic E-state index is 12.2. The van der Waals surface area contributed by atoms with Crippen LogP contribution in [0, 0.1) is 6.92 Å². The van der Waals surface area contributed by atoms with Crippen LogP contribution in [0.15, 0.2) is 53.5 Å². The lowest BCUT2D eigenvalue weighted by atomic mass is 10.1. The Labute approximate surface area is 202 Å². The molecular formula is C23H33IN4O3. The number of nitrogens with zero attached hydrogens (tertiary/aromatic N) is 1. The molecule has 0 aliphatic rings. The SMILES string of the molecule is CCNC(=NCCNC(=O)c1cccc(C)c1)Nc1cccc(OCCCOC)c1.I. The number of amides is 1. The average Bonchev–Trinajstić information content (AvgIpc) is 2.74. The van der Waals surface area contributed by atoms with Gasteiger partial charge in [0, 0.05) is 50.5 Å². The number of benzene rings is 2. The van der Waals surface area contributed by atoms with Crippen LogP contribution in [-0.4, -0.2) is 51.8 Å². The van der Waals surface area contributed by atoms with Crippen molar-refractivity contribution in [1.29, 1.82) is 0 Å². The summed E-state index contributed by atoms with van der Waals surface area (Å²) in [6, 6.07) is 15.3. The Balaban J connectivity index is 0.00000480. The Bertz CT molecular complexity index is 830. The summed E-state index contributed by atoms with van der Waals surface area (Å²) >= 11 is 0. The molecule has 31 heavy (non-hydrogen) atoms. The number of carbonyl (C=O) groups excluding carboxylic acids is 1. The van der Waals surface area contributed by atoms with Crippen LogP contribution in [0.1, 0.15) is 29.3 Å². The van der Waals surface area contributed by atoms with E-state index in [2.05, 4.69) is 20.9 Å². The van der Waals surface area contributed by atoms with Crippen LogP contribution in [0.25, 0.3) is 0 Å². The van der Waals surface area contributed by atoms with Crippen molar-refractivity contribution in [3.05, 3.63) is 59.7 Å². The summed E-state index contributed by atoms with van der Waals surface area (Å²) in [7, 11) is 1.68. The molecule has 0 unspecified atom stereocenters. The predicted molar refractivity (Wildman–Crippen MR) is 137 cm³/mol. The zero-order chi connectivity index (χ0) is 21.6. The van der Waals surface area contributed by atoms with Gasteiger partial charge in [-0.3, -0.25) is 9.79 Å².